The summed E-state index contributed by atoms with van der Waals surface area (Å²) in [6.07, 6.45) is 12.9. The van der Waals surface area contributed by atoms with Crippen molar-refractivity contribution in [3.8, 4) is 0 Å². The summed E-state index contributed by atoms with van der Waals surface area (Å²) in [5.41, 5.74) is 0. The van der Waals surface area contributed by atoms with Gasteiger partial charge in [-0.05, 0) is 37.5 Å². The molecule has 0 aliphatic rings. The maximum Gasteiger partial charge on any atom is 0.309 e. The molecule has 0 spiro atoms. The van der Waals surface area contributed by atoms with Gasteiger partial charge in [-0.2, -0.15) is 0 Å². The number of hydrogen-bond acceptors (Lipinski definition) is 6. The van der Waals surface area contributed by atoms with Crippen molar-refractivity contribution in [3.63, 3.8) is 0 Å². The van der Waals surface area contributed by atoms with Crippen molar-refractivity contribution >= 4 is 11.9 Å². The molecular weight excluding hydrogens is 456 g/mol. The first kappa shape index (κ1) is 34.9. The first-order chi connectivity index (χ1) is 17.5. The van der Waals surface area contributed by atoms with Crippen LogP contribution < -0.4 is 0 Å². The van der Waals surface area contributed by atoms with Gasteiger partial charge in [0.2, 0.25) is 0 Å². The van der Waals surface area contributed by atoms with Crippen LogP contribution in [0, 0.1) is 23.7 Å². The monoisotopic (exact) mass is 514 g/mol. The standard InChI is InChI=1S/C30H58O6/c1-7-13-15-25(9-3)23-27(11-5)29(31)35-21-19-33-17-18-34-20-22-36-30(32)28(12-6)24-26(10-4)16-14-8-2/h25-28H,7-24H2,1-6H3. The van der Waals surface area contributed by atoms with E-state index in [1.54, 1.807) is 0 Å². The summed E-state index contributed by atoms with van der Waals surface area (Å²) in [5.74, 6) is 0.956. The number of esters is 2. The topological polar surface area (TPSA) is 71.1 Å². The fourth-order valence-corrected chi connectivity index (χ4v) is 4.59. The van der Waals surface area contributed by atoms with Crippen LogP contribution in [0.1, 0.15) is 119 Å². The van der Waals surface area contributed by atoms with Crippen LogP contribution >= 0.6 is 0 Å². The summed E-state index contributed by atoms with van der Waals surface area (Å²) < 4.78 is 21.9. The van der Waals surface area contributed by atoms with Crippen molar-refractivity contribution in [2.75, 3.05) is 39.6 Å². The minimum Gasteiger partial charge on any atom is -0.463 e. The molecule has 0 aromatic rings. The molecule has 0 heterocycles. The van der Waals surface area contributed by atoms with E-state index in [4.69, 9.17) is 18.9 Å². The number of unbranched alkanes of at least 4 members (excludes halogenated alkanes) is 2. The molecule has 4 unspecified atom stereocenters. The van der Waals surface area contributed by atoms with Crippen molar-refractivity contribution in [2.24, 2.45) is 23.7 Å². The van der Waals surface area contributed by atoms with Crippen molar-refractivity contribution < 1.29 is 28.5 Å². The van der Waals surface area contributed by atoms with Crippen LogP contribution in [0.5, 0.6) is 0 Å². The lowest BCUT2D eigenvalue weighted by Crippen LogP contribution is -2.23. The van der Waals surface area contributed by atoms with E-state index in [9.17, 15) is 9.59 Å². The fourth-order valence-electron chi connectivity index (χ4n) is 4.59. The third-order valence-corrected chi connectivity index (χ3v) is 7.29. The van der Waals surface area contributed by atoms with Crippen molar-refractivity contribution in [1.29, 1.82) is 0 Å². The van der Waals surface area contributed by atoms with E-state index in [1.807, 2.05) is 0 Å². The van der Waals surface area contributed by atoms with Gasteiger partial charge in [0.25, 0.3) is 0 Å². The molecule has 0 bridgehead atoms. The third-order valence-electron chi connectivity index (χ3n) is 7.29. The van der Waals surface area contributed by atoms with Gasteiger partial charge in [0, 0.05) is 0 Å². The Balaban J connectivity index is 3.90. The highest BCUT2D eigenvalue weighted by Gasteiger charge is 2.23. The normalized spacial score (nSPS) is 14.7. The molecule has 0 saturated heterocycles. The Bertz CT molecular complexity index is 478. The summed E-state index contributed by atoms with van der Waals surface area (Å²) >= 11 is 0. The second-order valence-electron chi connectivity index (χ2n) is 10.1. The quantitative estimate of drug-likeness (QED) is 0.0935. The lowest BCUT2D eigenvalue weighted by atomic mass is 9.87. The minimum absolute atomic E-state index is 0.0191. The molecule has 214 valence electrons. The molecule has 0 rings (SSSR count). The highest BCUT2D eigenvalue weighted by Crippen LogP contribution is 2.25. The smallest absolute Gasteiger partial charge is 0.309 e. The van der Waals surface area contributed by atoms with E-state index in [-0.39, 0.29) is 37.0 Å². The summed E-state index contributed by atoms with van der Waals surface area (Å²) in [7, 11) is 0. The molecule has 6 heteroatoms. The number of carbonyl (C=O) groups excluding carboxylic acids is 2. The molecule has 6 nitrogen and oxygen atoms in total. The van der Waals surface area contributed by atoms with E-state index < -0.39 is 0 Å². The van der Waals surface area contributed by atoms with Crippen molar-refractivity contribution in [3.05, 3.63) is 0 Å². The highest BCUT2D eigenvalue weighted by atomic mass is 16.6. The summed E-state index contributed by atoms with van der Waals surface area (Å²) in [5, 5.41) is 0. The Labute approximate surface area is 222 Å². The zero-order valence-electron chi connectivity index (χ0n) is 24.5. The molecule has 0 amide bonds. The largest absolute Gasteiger partial charge is 0.463 e. The summed E-state index contributed by atoms with van der Waals surface area (Å²) in [6.45, 7) is 15.1. The molecule has 0 saturated carbocycles. The van der Waals surface area contributed by atoms with Crippen LogP contribution in [0.4, 0.5) is 0 Å². The maximum absolute atomic E-state index is 12.4. The van der Waals surface area contributed by atoms with E-state index >= 15 is 0 Å². The van der Waals surface area contributed by atoms with Gasteiger partial charge in [-0.25, -0.2) is 0 Å². The molecule has 0 aliphatic carbocycles. The van der Waals surface area contributed by atoms with Gasteiger partial charge in [-0.3, -0.25) is 9.59 Å². The highest BCUT2D eigenvalue weighted by molar-refractivity contribution is 5.72. The van der Waals surface area contributed by atoms with Crippen molar-refractivity contribution in [1.82, 2.24) is 0 Å². The zero-order valence-corrected chi connectivity index (χ0v) is 24.5. The second kappa shape index (κ2) is 24.2. The summed E-state index contributed by atoms with van der Waals surface area (Å²) in [6, 6.07) is 0. The van der Waals surface area contributed by atoms with Gasteiger partial charge in [0.15, 0.2) is 0 Å². The molecule has 0 aromatic carbocycles. The Kier molecular flexibility index (Phi) is 23.4. The third kappa shape index (κ3) is 17.3. The number of hydrogen-bond donors (Lipinski definition) is 0. The van der Waals surface area contributed by atoms with Gasteiger partial charge in [0.1, 0.15) is 13.2 Å². The SMILES string of the molecule is CCCCC(CC)CC(CC)C(=O)OCCOCCOCCOC(=O)C(CC)CC(CC)CCCC. The van der Waals surface area contributed by atoms with Gasteiger partial charge in [0.05, 0.1) is 38.3 Å². The predicted octanol–water partition coefficient (Wildman–Crippen LogP) is 7.37. The fraction of sp³-hybridized carbons (Fsp3) is 0.933. The predicted molar refractivity (Wildman–Crippen MR) is 147 cm³/mol. The number of ether oxygens (including phenoxy) is 4. The molecule has 0 radical (unpaired) electrons. The van der Waals surface area contributed by atoms with Crippen LogP contribution in [-0.2, 0) is 28.5 Å². The van der Waals surface area contributed by atoms with E-state index in [2.05, 4.69) is 41.5 Å². The average Bonchev–Trinajstić information content (AvgIpc) is 2.89. The van der Waals surface area contributed by atoms with Gasteiger partial charge in [-0.1, -0.05) is 92.9 Å². The lowest BCUT2D eigenvalue weighted by Gasteiger charge is -2.20. The van der Waals surface area contributed by atoms with Crippen LogP contribution in [0.3, 0.4) is 0 Å². The molecule has 4 atom stereocenters. The number of carbonyl (C=O) groups is 2. The van der Waals surface area contributed by atoms with E-state index in [0.717, 1.165) is 38.5 Å². The van der Waals surface area contributed by atoms with E-state index in [1.165, 1.54) is 38.5 Å². The van der Waals surface area contributed by atoms with Gasteiger partial charge < -0.3 is 18.9 Å². The van der Waals surface area contributed by atoms with Gasteiger partial charge in [-0.15, -0.1) is 0 Å². The maximum atomic E-state index is 12.4. The van der Waals surface area contributed by atoms with Crippen LogP contribution in [0.2, 0.25) is 0 Å². The molecular formula is C30H58O6. The lowest BCUT2D eigenvalue weighted by molar-refractivity contribution is -0.152. The molecule has 0 fully saturated rings. The molecule has 0 aliphatic heterocycles. The number of rotatable bonds is 25. The van der Waals surface area contributed by atoms with E-state index in [0.29, 0.717) is 38.3 Å². The molecule has 0 aromatic heterocycles. The Hall–Kier alpha value is -1.14. The van der Waals surface area contributed by atoms with Gasteiger partial charge >= 0.3 is 11.9 Å². The Morgan fingerprint density at radius 3 is 1.19 bits per heavy atom. The van der Waals surface area contributed by atoms with Crippen LogP contribution in [0.15, 0.2) is 0 Å². The second-order valence-corrected chi connectivity index (χ2v) is 10.1. The van der Waals surface area contributed by atoms with Crippen LogP contribution in [-0.4, -0.2) is 51.6 Å². The Morgan fingerprint density at radius 2 is 0.889 bits per heavy atom. The molecule has 36 heavy (non-hydrogen) atoms. The van der Waals surface area contributed by atoms with Crippen LogP contribution in [0.25, 0.3) is 0 Å². The Morgan fingerprint density at radius 1 is 0.528 bits per heavy atom. The summed E-state index contributed by atoms with van der Waals surface area (Å²) in [4.78, 5) is 24.8. The zero-order chi connectivity index (χ0) is 27.0. The first-order valence-electron chi connectivity index (χ1n) is 15.0. The molecule has 0 N–H and O–H groups in total. The first-order valence-corrected chi connectivity index (χ1v) is 15.0. The minimum atomic E-state index is -0.102. The van der Waals surface area contributed by atoms with Crippen molar-refractivity contribution in [2.45, 2.75) is 119 Å². The average molecular weight is 515 g/mol.